The third kappa shape index (κ3) is 3.23. The zero-order valence-electron chi connectivity index (χ0n) is 16.6. The average molecular weight is 405 g/mol. The van der Waals surface area contributed by atoms with Gasteiger partial charge in [-0.15, -0.1) is 11.3 Å². The van der Waals surface area contributed by atoms with Gasteiger partial charge < -0.3 is 9.80 Å². The predicted molar refractivity (Wildman–Crippen MR) is 116 cm³/mol. The second-order valence-electron chi connectivity index (χ2n) is 8.04. The van der Waals surface area contributed by atoms with Gasteiger partial charge >= 0.3 is 0 Å². The van der Waals surface area contributed by atoms with E-state index in [4.69, 9.17) is 0 Å². The molecule has 0 N–H and O–H groups in total. The van der Waals surface area contributed by atoms with Crippen LogP contribution in [0, 0.1) is 0 Å². The average Bonchev–Trinajstić information content (AvgIpc) is 3.37. The van der Waals surface area contributed by atoms with E-state index in [2.05, 4.69) is 30.3 Å². The van der Waals surface area contributed by atoms with E-state index >= 15 is 0 Å². The van der Waals surface area contributed by atoms with Gasteiger partial charge in [-0.25, -0.2) is 0 Å². The van der Waals surface area contributed by atoms with Crippen LogP contribution in [0.15, 0.2) is 48.5 Å². The summed E-state index contributed by atoms with van der Waals surface area (Å²) in [7, 11) is 0. The van der Waals surface area contributed by atoms with Crippen LogP contribution in [0.4, 0.5) is 0 Å². The summed E-state index contributed by atoms with van der Waals surface area (Å²) in [4.78, 5) is 30.3. The Hall–Kier alpha value is -2.66. The third-order valence-electron chi connectivity index (χ3n) is 6.29. The molecule has 2 amide bonds. The first-order valence-electron chi connectivity index (χ1n) is 10.2. The van der Waals surface area contributed by atoms with Gasteiger partial charge in [-0.05, 0) is 41.0 Å². The van der Waals surface area contributed by atoms with Gasteiger partial charge in [0.2, 0.25) is 5.91 Å². The number of rotatable bonds is 2. The molecule has 0 bridgehead atoms. The summed E-state index contributed by atoms with van der Waals surface area (Å²) in [6.45, 7) is 4.54. The van der Waals surface area contributed by atoms with E-state index in [9.17, 15) is 9.59 Å². The molecule has 5 heteroatoms. The molecule has 0 saturated carbocycles. The van der Waals surface area contributed by atoms with Gasteiger partial charge in [0.25, 0.3) is 5.91 Å². The molecule has 1 saturated heterocycles. The van der Waals surface area contributed by atoms with Crippen LogP contribution in [0.25, 0.3) is 10.1 Å². The van der Waals surface area contributed by atoms with E-state index in [1.807, 2.05) is 28.0 Å². The maximum Gasteiger partial charge on any atom is 0.264 e. The van der Waals surface area contributed by atoms with Crippen molar-refractivity contribution in [2.45, 2.75) is 32.2 Å². The number of thiophene rings is 1. The Morgan fingerprint density at radius 2 is 1.72 bits per heavy atom. The second-order valence-corrected chi connectivity index (χ2v) is 9.09. The second kappa shape index (κ2) is 7.30. The molecule has 1 fully saturated rings. The fourth-order valence-corrected chi connectivity index (χ4v) is 5.98. The molecule has 1 aromatic heterocycles. The molecular formula is C24H24N2O2S. The van der Waals surface area contributed by atoms with E-state index in [1.54, 1.807) is 18.3 Å². The number of amides is 2. The minimum atomic E-state index is 0.118. The number of likely N-dealkylation sites (tertiary alicyclic amines) is 1. The molecule has 4 nitrogen and oxygen atoms in total. The molecule has 2 aliphatic rings. The first-order valence-corrected chi connectivity index (χ1v) is 11.1. The van der Waals surface area contributed by atoms with Crippen LogP contribution in [0.1, 0.15) is 45.6 Å². The Kier molecular flexibility index (Phi) is 4.63. The molecule has 0 aliphatic carbocycles. The van der Waals surface area contributed by atoms with Crippen LogP contribution < -0.4 is 0 Å². The SMILES string of the molecule is CC(=O)N1CC[C@H](c2c(C(=O)N3CCc4ccccc4C3)sc3ccccc23)C1. The predicted octanol–water partition coefficient (Wildman–Crippen LogP) is 4.44. The normalized spacial score (nSPS) is 18.9. The van der Waals surface area contributed by atoms with Gasteiger partial charge in [0.1, 0.15) is 0 Å². The van der Waals surface area contributed by atoms with Crippen molar-refractivity contribution in [2.24, 2.45) is 0 Å². The summed E-state index contributed by atoms with van der Waals surface area (Å²) in [5, 5.41) is 1.17. The zero-order chi connectivity index (χ0) is 20.0. The molecule has 2 aliphatic heterocycles. The summed E-state index contributed by atoms with van der Waals surface area (Å²) in [5.74, 6) is 0.482. The van der Waals surface area contributed by atoms with Crippen LogP contribution in [0.5, 0.6) is 0 Å². The molecule has 1 atom stereocenters. The Labute approximate surface area is 174 Å². The number of benzene rings is 2. The summed E-state index contributed by atoms with van der Waals surface area (Å²) < 4.78 is 1.16. The molecule has 3 aromatic rings. The minimum Gasteiger partial charge on any atom is -0.342 e. The quantitative estimate of drug-likeness (QED) is 0.634. The highest BCUT2D eigenvalue weighted by Crippen LogP contribution is 2.41. The summed E-state index contributed by atoms with van der Waals surface area (Å²) in [5.41, 5.74) is 3.75. The lowest BCUT2D eigenvalue weighted by molar-refractivity contribution is -0.127. The number of carbonyl (C=O) groups is 2. The first kappa shape index (κ1) is 18.4. The lowest BCUT2D eigenvalue weighted by atomic mass is 9.94. The van der Waals surface area contributed by atoms with Crippen molar-refractivity contribution in [1.29, 1.82) is 0 Å². The lowest BCUT2D eigenvalue weighted by Crippen LogP contribution is -2.36. The minimum absolute atomic E-state index is 0.118. The van der Waals surface area contributed by atoms with E-state index in [-0.39, 0.29) is 17.7 Å². The van der Waals surface area contributed by atoms with Crippen LogP contribution >= 0.6 is 11.3 Å². The molecule has 148 valence electrons. The van der Waals surface area contributed by atoms with Crippen LogP contribution in [0.3, 0.4) is 0 Å². The van der Waals surface area contributed by atoms with Gasteiger partial charge in [0, 0.05) is 43.7 Å². The smallest absolute Gasteiger partial charge is 0.264 e. The maximum atomic E-state index is 13.6. The molecule has 0 unspecified atom stereocenters. The monoisotopic (exact) mass is 404 g/mol. The largest absolute Gasteiger partial charge is 0.342 e. The number of carbonyl (C=O) groups excluding carboxylic acids is 2. The number of fused-ring (bicyclic) bond motifs is 2. The Morgan fingerprint density at radius 3 is 2.52 bits per heavy atom. The fraction of sp³-hybridized carbons (Fsp3) is 0.333. The van der Waals surface area contributed by atoms with Crippen LogP contribution in [0.2, 0.25) is 0 Å². The van der Waals surface area contributed by atoms with Gasteiger partial charge in [0.05, 0.1) is 4.88 Å². The van der Waals surface area contributed by atoms with Crippen molar-refractivity contribution < 1.29 is 9.59 Å². The lowest BCUT2D eigenvalue weighted by Gasteiger charge is -2.29. The van der Waals surface area contributed by atoms with Crippen LogP contribution in [-0.2, 0) is 17.8 Å². The zero-order valence-corrected chi connectivity index (χ0v) is 17.4. The van der Waals surface area contributed by atoms with Gasteiger partial charge in [0.15, 0.2) is 0 Å². The highest BCUT2D eigenvalue weighted by atomic mass is 32.1. The van der Waals surface area contributed by atoms with E-state index in [1.165, 1.54) is 16.5 Å². The van der Waals surface area contributed by atoms with Crippen molar-refractivity contribution in [3.8, 4) is 0 Å². The molecule has 29 heavy (non-hydrogen) atoms. The summed E-state index contributed by atoms with van der Waals surface area (Å²) >= 11 is 1.61. The third-order valence-corrected chi connectivity index (χ3v) is 7.46. The highest BCUT2D eigenvalue weighted by molar-refractivity contribution is 7.21. The van der Waals surface area contributed by atoms with Crippen molar-refractivity contribution in [3.63, 3.8) is 0 Å². The Balaban J connectivity index is 1.52. The summed E-state index contributed by atoms with van der Waals surface area (Å²) in [6, 6.07) is 16.7. The van der Waals surface area contributed by atoms with E-state index < -0.39 is 0 Å². The molecule has 0 spiro atoms. The Morgan fingerprint density at radius 1 is 0.966 bits per heavy atom. The topological polar surface area (TPSA) is 40.6 Å². The first-order chi connectivity index (χ1) is 14.1. The van der Waals surface area contributed by atoms with Gasteiger partial charge in [-0.2, -0.15) is 0 Å². The van der Waals surface area contributed by atoms with E-state index in [0.717, 1.165) is 41.1 Å². The Bertz CT molecular complexity index is 1100. The van der Waals surface area contributed by atoms with Crippen molar-refractivity contribution in [3.05, 3.63) is 70.1 Å². The summed E-state index contributed by atoms with van der Waals surface area (Å²) in [6.07, 6.45) is 1.83. The number of nitrogens with zero attached hydrogens (tertiary/aromatic N) is 2. The van der Waals surface area contributed by atoms with Crippen molar-refractivity contribution in [1.82, 2.24) is 9.80 Å². The van der Waals surface area contributed by atoms with Gasteiger partial charge in [-0.1, -0.05) is 42.5 Å². The fourth-order valence-electron chi connectivity index (χ4n) is 4.72. The molecular weight excluding hydrogens is 380 g/mol. The van der Waals surface area contributed by atoms with Crippen LogP contribution in [-0.4, -0.2) is 41.2 Å². The highest BCUT2D eigenvalue weighted by Gasteiger charge is 2.33. The molecule has 3 heterocycles. The number of hydrogen-bond acceptors (Lipinski definition) is 3. The van der Waals surface area contributed by atoms with Gasteiger partial charge in [-0.3, -0.25) is 9.59 Å². The van der Waals surface area contributed by atoms with Crippen molar-refractivity contribution in [2.75, 3.05) is 19.6 Å². The van der Waals surface area contributed by atoms with E-state index in [0.29, 0.717) is 13.1 Å². The maximum absolute atomic E-state index is 13.6. The number of hydrogen-bond donors (Lipinski definition) is 0. The molecule has 0 radical (unpaired) electrons. The van der Waals surface area contributed by atoms with Crippen molar-refractivity contribution >= 4 is 33.2 Å². The standard InChI is InChI=1S/C24H24N2O2S/c1-16(27)25-12-11-19(15-25)22-20-8-4-5-9-21(20)29-23(22)24(28)26-13-10-17-6-2-3-7-18(17)14-26/h2-9,19H,10-15H2,1H3/t19-/m0/s1. The molecule has 2 aromatic carbocycles. The molecule has 5 rings (SSSR count).